The molecule has 2 fully saturated rings. The predicted octanol–water partition coefficient (Wildman–Crippen LogP) is 4.59. The molecule has 0 bridgehead atoms. The van der Waals surface area contributed by atoms with Gasteiger partial charge in [-0.25, -0.2) is 4.79 Å². The topological polar surface area (TPSA) is 58.4 Å². The van der Waals surface area contributed by atoms with Crippen LogP contribution in [0.1, 0.15) is 49.3 Å². The molecule has 2 amide bonds. The van der Waals surface area contributed by atoms with Crippen LogP contribution in [0.5, 0.6) is 11.5 Å². The third kappa shape index (κ3) is 3.50. The summed E-state index contributed by atoms with van der Waals surface area (Å²) in [6, 6.07) is 6.12. The number of amides is 2. The summed E-state index contributed by atoms with van der Waals surface area (Å²) in [5.41, 5.74) is 4.32. The van der Waals surface area contributed by atoms with E-state index < -0.39 is 0 Å². The number of fused-ring (bicyclic) bond motifs is 3. The Kier molecular flexibility index (Phi) is 5.60. The number of hydrogen-bond donors (Lipinski definition) is 0. The Hall–Kier alpha value is -2.93. The number of methoxy groups -OCH3 is 2. The van der Waals surface area contributed by atoms with Crippen LogP contribution in [0.2, 0.25) is 0 Å². The van der Waals surface area contributed by atoms with Gasteiger partial charge in [-0.05, 0) is 37.5 Å². The summed E-state index contributed by atoms with van der Waals surface area (Å²) in [7, 11) is 3.36. The smallest absolute Gasteiger partial charge is 0.325 e. The minimum absolute atomic E-state index is 0.105. The first-order chi connectivity index (χ1) is 16.0. The highest BCUT2D eigenvalue weighted by Gasteiger charge is 2.54. The van der Waals surface area contributed by atoms with Gasteiger partial charge in [-0.2, -0.15) is 0 Å². The molecule has 33 heavy (non-hydrogen) atoms. The molecule has 1 atom stereocenters. The Morgan fingerprint density at radius 3 is 2.61 bits per heavy atom. The molecule has 7 nitrogen and oxygen atoms in total. The number of carbonyl (C=O) groups excluding carboxylic acids is 1. The number of benzene rings is 1. The lowest BCUT2D eigenvalue weighted by atomic mass is 9.82. The molecule has 1 aromatic heterocycles. The Balaban J connectivity index is 1.49. The molecule has 3 aliphatic rings. The van der Waals surface area contributed by atoms with Crippen LogP contribution >= 0.6 is 0 Å². The number of likely N-dealkylation sites (N-methyl/N-ethyl adjacent to an activating group) is 1. The van der Waals surface area contributed by atoms with Crippen molar-refractivity contribution in [3.8, 4) is 11.5 Å². The molecular formula is C26H33N3O4. The van der Waals surface area contributed by atoms with E-state index >= 15 is 0 Å². The van der Waals surface area contributed by atoms with E-state index in [1.54, 1.807) is 20.5 Å². The summed E-state index contributed by atoms with van der Waals surface area (Å²) in [5, 5.41) is 0. The predicted molar refractivity (Wildman–Crippen MR) is 125 cm³/mol. The average molecular weight is 452 g/mol. The van der Waals surface area contributed by atoms with Crippen molar-refractivity contribution in [1.82, 2.24) is 14.7 Å². The van der Waals surface area contributed by atoms with Crippen LogP contribution in [0.4, 0.5) is 4.79 Å². The molecule has 0 N–H and O–H groups in total. The largest absolute Gasteiger partial charge is 0.497 e. The summed E-state index contributed by atoms with van der Waals surface area (Å²) in [5.74, 6) is 1.70. The Bertz CT molecular complexity index is 1050. The highest BCUT2D eigenvalue weighted by Crippen LogP contribution is 2.49. The van der Waals surface area contributed by atoms with Gasteiger partial charge < -0.3 is 18.8 Å². The van der Waals surface area contributed by atoms with Crippen LogP contribution in [-0.4, -0.2) is 60.1 Å². The van der Waals surface area contributed by atoms with Crippen molar-refractivity contribution in [3.63, 3.8) is 0 Å². The van der Waals surface area contributed by atoms with Crippen molar-refractivity contribution in [2.45, 2.75) is 51.2 Å². The van der Waals surface area contributed by atoms with E-state index in [9.17, 15) is 4.79 Å². The SMILES string of the molecule is CCN1C(=O)N2Cc3cc(OC)cc(OC)c3[C@H](C)C=C2C12CCN(Cc1ccoc1)CC2. The number of rotatable bonds is 5. The Morgan fingerprint density at radius 1 is 1.18 bits per heavy atom. The molecule has 0 aliphatic carbocycles. The van der Waals surface area contributed by atoms with Gasteiger partial charge in [0.2, 0.25) is 0 Å². The van der Waals surface area contributed by atoms with Crippen LogP contribution in [0.25, 0.3) is 0 Å². The van der Waals surface area contributed by atoms with Gasteiger partial charge >= 0.3 is 6.03 Å². The zero-order valence-corrected chi connectivity index (χ0v) is 20.0. The summed E-state index contributed by atoms with van der Waals surface area (Å²) in [6.07, 6.45) is 7.70. The van der Waals surface area contributed by atoms with Crippen LogP contribution < -0.4 is 9.47 Å². The first kappa shape index (κ1) is 21.9. The summed E-state index contributed by atoms with van der Waals surface area (Å²) < 4.78 is 16.5. The van der Waals surface area contributed by atoms with Crippen LogP contribution in [-0.2, 0) is 13.1 Å². The molecule has 5 rings (SSSR count). The standard InChI is InChI=1S/C26H33N3O4/c1-5-29-25(30)28-16-20-13-21(31-3)14-22(32-4)24(20)18(2)12-23(28)26(29)7-9-27(10-8-26)15-19-6-11-33-17-19/h6,11-14,17-18H,5,7-10,15-16H2,1-4H3/t18-/m1/s1. The lowest BCUT2D eigenvalue weighted by Gasteiger charge is -2.44. The molecule has 176 valence electrons. The van der Waals surface area contributed by atoms with Gasteiger partial charge in [-0.1, -0.05) is 13.0 Å². The molecule has 4 heterocycles. The molecule has 0 unspecified atom stereocenters. The molecule has 1 aromatic carbocycles. The van der Waals surface area contributed by atoms with Crippen LogP contribution in [0, 0.1) is 0 Å². The molecule has 2 aromatic rings. The number of likely N-dealkylation sites (tertiary alicyclic amines) is 1. The molecule has 0 radical (unpaired) electrons. The van der Waals surface area contributed by atoms with Crippen LogP contribution in [0.3, 0.4) is 0 Å². The lowest BCUT2D eigenvalue weighted by Crippen LogP contribution is -2.53. The van der Waals surface area contributed by atoms with Gasteiger partial charge in [0.25, 0.3) is 0 Å². The quantitative estimate of drug-likeness (QED) is 0.666. The second-order valence-electron chi connectivity index (χ2n) is 9.30. The number of piperidine rings is 1. The second kappa shape index (κ2) is 8.45. The highest BCUT2D eigenvalue weighted by atomic mass is 16.5. The number of allylic oxidation sites excluding steroid dienone is 1. The Morgan fingerprint density at radius 2 is 1.97 bits per heavy atom. The van der Waals surface area contributed by atoms with E-state index in [1.807, 2.05) is 29.4 Å². The maximum Gasteiger partial charge on any atom is 0.325 e. The number of nitrogens with zero attached hydrogens (tertiary/aromatic N) is 3. The maximum atomic E-state index is 13.7. The fraction of sp³-hybridized carbons (Fsp3) is 0.500. The number of ether oxygens (including phenoxy) is 2. The Labute approximate surface area is 195 Å². The number of carbonyl (C=O) groups is 1. The van der Waals surface area contributed by atoms with E-state index in [0.29, 0.717) is 13.1 Å². The molecule has 0 saturated carbocycles. The lowest BCUT2D eigenvalue weighted by molar-refractivity contribution is 0.0887. The summed E-state index contributed by atoms with van der Waals surface area (Å²) in [6.45, 7) is 8.30. The fourth-order valence-electron chi connectivity index (χ4n) is 5.99. The first-order valence-electron chi connectivity index (χ1n) is 11.8. The second-order valence-corrected chi connectivity index (χ2v) is 9.30. The van der Waals surface area contributed by atoms with Gasteiger partial charge in [0.05, 0.1) is 38.8 Å². The van der Waals surface area contributed by atoms with E-state index in [1.165, 1.54) is 5.56 Å². The monoisotopic (exact) mass is 451 g/mol. The van der Waals surface area contributed by atoms with Crippen molar-refractivity contribution < 1.29 is 18.7 Å². The van der Waals surface area contributed by atoms with Gasteiger partial charge in [0, 0.05) is 55.0 Å². The van der Waals surface area contributed by atoms with E-state index in [2.05, 4.69) is 29.7 Å². The minimum atomic E-state index is -0.258. The molecule has 3 aliphatic heterocycles. The minimum Gasteiger partial charge on any atom is -0.497 e. The molecular weight excluding hydrogens is 418 g/mol. The zero-order valence-electron chi connectivity index (χ0n) is 20.0. The van der Waals surface area contributed by atoms with Gasteiger partial charge in [0.15, 0.2) is 0 Å². The van der Waals surface area contributed by atoms with E-state index in [0.717, 1.165) is 60.8 Å². The van der Waals surface area contributed by atoms with Gasteiger partial charge in [-0.3, -0.25) is 9.80 Å². The summed E-state index contributed by atoms with van der Waals surface area (Å²) >= 11 is 0. The van der Waals surface area contributed by atoms with E-state index in [-0.39, 0.29) is 17.5 Å². The van der Waals surface area contributed by atoms with Crippen molar-refractivity contribution in [2.24, 2.45) is 0 Å². The third-order valence-corrected chi connectivity index (χ3v) is 7.58. The highest BCUT2D eigenvalue weighted by molar-refractivity contribution is 5.83. The van der Waals surface area contributed by atoms with Crippen LogP contribution in [0.15, 0.2) is 46.9 Å². The molecule has 2 saturated heterocycles. The van der Waals surface area contributed by atoms with Crippen molar-refractivity contribution in [3.05, 3.63) is 59.2 Å². The zero-order chi connectivity index (χ0) is 23.2. The third-order valence-electron chi connectivity index (χ3n) is 7.58. The summed E-state index contributed by atoms with van der Waals surface area (Å²) in [4.78, 5) is 20.2. The number of furan rings is 1. The van der Waals surface area contributed by atoms with E-state index in [4.69, 9.17) is 13.9 Å². The molecule has 7 heteroatoms. The normalized spacial score (nSPS) is 22.1. The number of urea groups is 1. The average Bonchev–Trinajstić information content (AvgIpc) is 3.36. The first-order valence-corrected chi connectivity index (χ1v) is 11.8. The fourth-order valence-corrected chi connectivity index (χ4v) is 5.99. The van der Waals surface area contributed by atoms with Gasteiger partial charge in [-0.15, -0.1) is 0 Å². The number of hydrogen-bond acceptors (Lipinski definition) is 5. The van der Waals surface area contributed by atoms with Crippen molar-refractivity contribution in [2.75, 3.05) is 33.9 Å². The van der Waals surface area contributed by atoms with Gasteiger partial charge in [0.1, 0.15) is 11.5 Å². The van der Waals surface area contributed by atoms with Crippen molar-refractivity contribution in [1.29, 1.82) is 0 Å². The van der Waals surface area contributed by atoms with Crippen molar-refractivity contribution >= 4 is 6.03 Å². The molecule has 1 spiro atoms. The maximum absolute atomic E-state index is 13.7.